The largest absolute Gasteiger partial charge is 0.496 e. The summed E-state index contributed by atoms with van der Waals surface area (Å²) in [5.41, 5.74) is 2.20. The molecule has 0 saturated heterocycles. The molecular weight excluding hydrogens is 466 g/mol. The highest BCUT2D eigenvalue weighted by atomic mass is 79.9. The Hall–Kier alpha value is -2.58. The van der Waals surface area contributed by atoms with Crippen LogP contribution in [-0.4, -0.2) is 22.6 Å². The summed E-state index contributed by atoms with van der Waals surface area (Å²) in [5, 5.41) is 3.45. The second-order valence-electron chi connectivity index (χ2n) is 6.99. The zero-order chi connectivity index (χ0) is 21.3. The molecule has 1 aliphatic heterocycles. The molecule has 6 nitrogen and oxygen atoms in total. The van der Waals surface area contributed by atoms with Crippen LogP contribution in [0.4, 0.5) is 5.82 Å². The average molecular weight is 486 g/mol. The van der Waals surface area contributed by atoms with Crippen molar-refractivity contribution in [3.05, 3.63) is 80.0 Å². The second-order valence-corrected chi connectivity index (χ2v) is 8.79. The zero-order valence-electron chi connectivity index (χ0n) is 16.5. The van der Waals surface area contributed by atoms with Crippen molar-refractivity contribution in [1.29, 1.82) is 0 Å². The fourth-order valence-electron chi connectivity index (χ4n) is 3.57. The summed E-state index contributed by atoms with van der Waals surface area (Å²) in [6.07, 6.45) is 0.194. The SMILES string of the molecule is COc1ccc([C@H]2CC(=O)Nc3c2c(=O)nc(SCc2ccccc2)n3C)cc1Br. The van der Waals surface area contributed by atoms with Gasteiger partial charge in [-0.15, -0.1) is 0 Å². The monoisotopic (exact) mass is 485 g/mol. The van der Waals surface area contributed by atoms with Crippen molar-refractivity contribution in [2.45, 2.75) is 23.2 Å². The van der Waals surface area contributed by atoms with Crippen molar-refractivity contribution in [3.63, 3.8) is 0 Å². The molecule has 0 spiro atoms. The number of hydrogen-bond acceptors (Lipinski definition) is 5. The molecule has 1 N–H and O–H groups in total. The van der Waals surface area contributed by atoms with E-state index in [-0.39, 0.29) is 23.8 Å². The molecule has 1 amide bonds. The molecule has 154 valence electrons. The first-order valence-electron chi connectivity index (χ1n) is 9.39. The Balaban J connectivity index is 1.73. The first-order valence-corrected chi connectivity index (χ1v) is 11.2. The van der Waals surface area contributed by atoms with Crippen LogP contribution >= 0.6 is 27.7 Å². The van der Waals surface area contributed by atoms with E-state index in [1.807, 2.05) is 55.6 Å². The Morgan fingerprint density at radius 2 is 2.00 bits per heavy atom. The molecule has 3 aromatic rings. The van der Waals surface area contributed by atoms with Gasteiger partial charge in [-0.2, -0.15) is 4.98 Å². The van der Waals surface area contributed by atoms with Crippen molar-refractivity contribution < 1.29 is 9.53 Å². The smallest absolute Gasteiger partial charge is 0.279 e. The van der Waals surface area contributed by atoms with E-state index in [1.165, 1.54) is 11.8 Å². The number of ether oxygens (including phenoxy) is 1. The fraction of sp³-hybridized carbons (Fsp3) is 0.227. The molecule has 2 aromatic carbocycles. The van der Waals surface area contributed by atoms with Gasteiger partial charge in [-0.3, -0.25) is 9.59 Å². The average Bonchev–Trinajstić information content (AvgIpc) is 2.75. The summed E-state index contributed by atoms with van der Waals surface area (Å²) in [5.74, 6) is 1.40. The lowest BCUT2D eigenvalue weighted by atomic mass is 9.87. The maximum absolute atomic E-state index is 13.0. The highest BCUT2D eigenvalue weighted by Crippen LogP contribution is 2.38. The number of amides is 1. The van der Waals surface area contributed by atoms with E-state index >= 15 is 0 Å². The molecule has 30 heavy (non-hydrogen) atoms. The Morgan fingerprint density at radius 3 is 2.70 bits per heavy atom. The van der Waals surface area contributed by atoms with Crippen LogP contribution < -0.4 is 15.6 Å². The minimum absolute atomic E-state index is 0.125. The standard InChI is InChI=1S/C22H20BrN3O3S/c1-26-20-19(21(28)25-22(26)30-12-13-6-4-3-5-7-13)15(11-18(27)24-20)14-8-9-17(29-2)16(23)10-14/h3-10,15H,11-12H2,1-2H3,(H,24,27)/t15-/m1/s1. The number of nitrogens with zero attached hydrogens (tertiary/aromatic N) is 2. The number of hydrogen-bond donors (Lipinski definition) is 1. The Labute approximate surface area is 186 Å². The summed E-state index contributed by atoms with van der Waals surface area (Å²) in [4.78, 5) is 29.8. The topological polar surface area (TPSA) is 73.2 Å². The minimum Gasteiger partial charge on any atom is -0.496 e. The molecule has 0 unspecified atom stereocenters. The molecule has 0 radical (unpaired) electrons. The first kappa shape index (κ1) is 20.7. The van der Waals surface area contributed by atoms with Gasteiger partial charge in [0.05, 0.1) is 17.1 Å². The third-order valence-corrected chi connectivity index (χ3v) is 6.81. The van der Waals surface area contributed by atoms with Crippen molar-refractivity contribution >= 4 is 39.4 Å². The number of benzene rings is 2. The van der Waals surface area contributed by atoms with Gasteiger partial charge in [-0.05, 0) is 39.2 Å². The lowest BCUT2D eigenvalue weighted by Crippen LogP contribution is -2.33. The van der Waals surface area contributed by atoms with Gasteiger partial charge in [0.15, 0.2) is 5.16 Å². The lowest BCUT2D eigenvalue weighted by Gasteiger charge is -2.27. The zero-order valence-corrected chi connectivity index (χ0v) is 18.9. The van der Waals surface area contributed by atoms with Crippen LogP contribution in [0.1, 0.15) is 29.0 Å². The van der Waals surface area contributed by atoms with Gasteiger partial charge in [0, 0.05) is 25.1 Å². The first-order chi connectivity index (χ1) is 14.5. The van der Waals surface area contributed by atoms with E-state index in [0.29, 0.717) is 28.0 Å². The van der Waals surface area contributed by atoms with Crippen LogP contribution in [0.2, 0.25) is 0 Å². The molecule has 2 heterocycles. The third kappa shape index (κ3) is 4.02. The maximum atomic E-state index is 13.0. The summed E-state index contributed by atoms with van der Waals surface area (Å²) < 4.78 is 7.86. The normalized spacial score (nSPS) is 15.4. The summed E-state index contributed by atoms with van der Waals surface area (Å²) in [6.45, 7) is 0. The van der Waals surface area contributed by atoms with Crippen LogP contribution in [0, 0.1) is 0 Å². The third-order valence-electron chi connectivity index (χ3n) is 5.09. The predicted octanol–water partition coefficient (Wildman–Crippen LogP) is 4.32. The molecule has 4 rings (SSSR count). The number of anilines is 1. The van der Waals surface area contributed by atoms with Crippen LogP contribution in [0.25, 0.3) is 0 Å². The molecule has 1 aromatic heterocycles. The van der Waals surface area contributed by atoms with Gasteiger partial charge < -0.3 is 14.6 Å². The van der Waals surface area contributed by atoms with Crippen molar-refractivity contribution in [2.75, 3.05) is 12.4 Å². The van der Waals surface area contributed by atoms with Crippen LogP contribution in [0.5, 0.6) is 5.75 Å². The summed E-state index contributed by atoms with van der Waals surface area (Å²) >= 11 is 4.96. The Bertz CT molecular complexity index is 1160. The molecule has 0 saturated carbocycles. The van der Waals surface area contributed by atoms with Crippen molar-refractivity contribution in [3.8, 4) is 5.75 Å². The number of carbonyl (C=O) groups is 1. The van der Waals surface area contributed by atoms with E-state index < -0.39 is 0 Å². The molecule has 0 bridgehead atoms. The second kappa shape index (κ2) is 8.65. The Morgan fingerprint density at radius 1 is 1.23 bits per heavy atom. The number of aromatic nitrogens is 2. The van der Waals surface area contributed by atoms with Crippen molar-refractivity contribution in [1.82, 2.24) is 9.55 Å². The van der Waals surface area contributed by atoms with Crippen LogP contribution in [-0.2, 0) is 17.6 Å². The van der Waals surface area contributed by atoms with E-state index in [2.05, 4.69) is 26.2 Å². The van der Waals surface area contributed by atoms with Gasteiger partial charge in [-0.1, -0.05) is 48.2 Å². The summed E-state index contributed by atoms with van der Waals surface area (Å²) in [6, 6.07) is 15.6. The number of fused-ring (bicyclic) bond motifs is 1. The fourth-order valence-corrected chi connectivity index (χ4v) is 5.05. The quantitative estimate of drug-likeness (QED) is 0.430. The van der Waals surface area contributed by atoms with Gasteiger partial charge in [0.2, 0.25) is 5.91 Å². The number of methoxy groups -OCH3 is 1. The highest BCUT2D eigenvalue weighted by molar-refractivity contribution is 9.10. The van der Waals surface area contributed by atoms with Gasteiger partial charge >= 0.3 is 0 Å². The molecular formula is C22H20BrN3O3S. The number of rotatable bonds is 5. The molecule has 1 aliphatic rings. The minimum atomic E-state index is -0.365. The van der Waals surface area contributed by atoms with E-state index in [4.69, 9.17) is 4.74 Å². The van der Waals surface area contributed by atoms with E-state index in [0.717, 1.165) is 15.6 Å². The lowest BCUT2D eigenvalue weighted by molar-refractivity contribution is -0.116. The van der Waals surface area contributed by atoms with E-state index in [1.54, 1.807) is 11.7 Å². The predicted molar refractivity (Wildman–Crippen MR) is 121 cm³/mol. The highest BCUT2D eigenvalue weighted by Gasteiger charge is 2.32. The van der Waals surface area contributed by atoms with Gasteiger partial charge in [0.1, 0.15) is 11.6 Å². The maximum Gasteiger partial charge on any atom is 0.279 e. The molecule has 0 fully saturated rings. The van der Waals surface area contributed by atoms with E-state index in [9.17, 15) is 9.59 Å². The number of nitrogens with one attached hydrogen (secondary N) is 1. The summed E-state index contributed by atoms with van der Waals surface area (Å²) in [7, 11) is 3.42. The number of carbonyl (C=O) groups excluding carboxylic acids is 1. The molecule has 0 aliphatic carbocycles. The van der Waals surface area contributed by atoms with Crippen LogP contribution in [0.3, 0.4) is 0 Å². The number of thioether (sulfide) groups is 1. The van der Waals surface area contributed by atoms with Crippen molar-refractivity contribution in [2.24, 2.45) is 7.05 Å². The molecule has 1 atom stereocenters. The van der Waals surface area contributed by atoms with Crippen LogP contribution in [0.15, 0.2) is 63.0 Å². The Kier molecular flexibility index (Phi) is 5.97. The van der Waals surface area contributed by atoms with Gasteiger partial charge in [0.25, 0.3) is 5.56 Å². The number of halogens is 1. The van der Waals surface area contributed by atoms with Gasteiger partial charge in [-0.25, -0.2) is 0 Å². The molecule has 8 heteroatoms.